The number of nitrogens with zero attached hydrogens (tertiary/aromatic N) is 3. The monoisotopic (exact) mass is 465 g/mol. The van der Waals surface area contributed by atoms with Crippen molar-refractivity contribution in [3.63, 3.8) is 0 Å². The fraction of sp³-hybridized carbons (Fsp3) is 0.346. The summed E-state index contributed by atoms with van der Waals surface area (Å²) < 4.78 is 6.81. The second-order valence-corrected chi connectivity index (χ2v) is 8.83. The minimum absolute atomic E-state index is 0.175. The smallest absolute Gasteiger partial charge is 0.310 e. The van der Waals surface area contributed by atoms with Gasteiger partial charge in [0.05, 0.1) is 28.9 Å². The van der Waals surface area contributed by atoms with Crippen molar-refractivity contribution in [2.45, 2.75) is 33.6 Å². The van der Waals surface area contributed by atoms with Crippen LogP contribution < -0.4 is 0 Å². The van der Waals surface area contributed by atoms with Crippen LogP contribution in [0.1, 0.15) is 41.4 Å². The fourth-order valence-electron chi connectivity index (χ4n) is 4.16. The first-order chi connectivity index (χ1) is 15.9. The van der Waals surface area contributed by atoms with Gasteiger partial charge in [-0.3, -0.25) is 9.59 Å². The predicted molar refractivity (Wildman–Crippen MR) is 129 cm³/mol. The number of likely N-dealkylation sites (tertiary alicyclic amines) is 1. The normalized spacial score (nSPS) is 16.0. The number of carbonyl (C=O) groups excluding carboxylic acids is 2. The maximum Gasteiger partial charge on any atom is 0.310 e. The third kappa shape index (κ3) is 4.81. The molecule has 0 spiro atoms. The Hall–Kier alpha value is -3.12. The molecule has 1 atom stereocenters. The van der Waals surface area contributed by atoms with E-state index >= 15 is 0 Å². The lowest BCUT2D eigenvalue weighted by Gasteiger charge is -2.31. The molecule has 2 aromatic carbocycles. The molecule has 7 heteroatoms. The van der Waals surface area contributed by atoms with Crippen LogP contribution in [-0.4, -0.2) is 46.3 Å². The number of carbonyl (C=O) groups is 2. The summed E-state index contributed by atoms with van der Waals surface area (Å²) in [4.78, 5) is 27.7. The van der Waals surface area contributed by atoms with Crippen molar-refractivity contribution in [2.75, 3.05) is 19.7 Å². The Labute approximate surface area is 199 Å². The fourth-order valence-corrected chi connectivity index (χ4v) is 4.37. The number of rotatable bonds is 5. The first-order valence-electron chi connectivity index (χ1n) is 11.3. The van der Waals surface area contributed by atoms with Gasteiger partial charge in [-0.2, -0.15) is 5.10 Å². The molecule has 1 aromatic heterocycles. The van der Waals surface area contributed by atoms with E-state index in [1.54, 1.807) is 22.6 Å². The third-order valence-corrected chi connectivity index (χ3v) is 6.46. The summed E-state index contributed by atoms with van der Waals surface area (Å²) in [5.74, 6) is -0.726. The van der Waals surface area contributed by atoms with Gasteiger partial charge in [0, 0.05) is 18.7 Å². The number of aromatic nitrogens is 2. The molecule has 1 amide bonds. The van der Waals surface area contributed by atoms with E-state index in [-0.39, 0.29) is 17.8 Å². The lowest BCUT2D eigenvalue weighted by molar-refractivity contribution is -0.149. The van der Waals surface area contributed by atoms with E-state index in [9.17, 15) is 9.59 Å². The van der Waals surface area contributed by atoms with Gasteiger partial charge in [-0.05, 0) is 69.0 Å². The average molecular weight is 466 g/mol. The lowest BCUT2D eigenvalue weighted by Crippen LogP contribution is -2.43. The Balaban J connectivity index is 1.73. The molecule has 0 saturated carbocycles. The standard InChI is InChI=1S/C26H28ClN3O3/c1-4-33-26(32)20-8-7-13-29(16-20)25(31)24-15-22(19-12-11-17(2)18(3)14-19)28-30(24)23-10-6-5-9-21(23)27/h5-6,9-12,14-15,20H,4,7-8,13,16H2,1-3H3. The molecule has 0 bridgehead atoms. The number of amides is 1. The summed E-state index contributed by atoms with van der Waals surface area (Å²) in [6.07, 6.45) is 1.47. The Morgan fingerprint density at radius 1 is 1.12 bits per heavy atom. The van der Waals surface area contributed by atoms with Crippen LogP contribution in [0.25, 0.3) is 16.9 Å². The summed E-state index contributed by atoms with van der Waals surface area (Å²) in [7, 11) is 0. The Morgan fingerprint density at radius 2 is 1.91 bits per heavy atom. The molecule has 172 valence electrons. The quantitative estimate of drug-likeness (QED) is 0.484. The highest BCUT2D eigenvalue weighted by Gasteiger charge is 2.32. The minimum Gasteiger partial charge on any atom is -0.466 e. The van der Waals surface area contributed by atoms with Gasteiger partial charge < -0.3 is 9.64 Å². The van der Waals surface area contributed by atoms with Crippen molar-refractivity contribution in [1.29, 1.82) is 0 Å². The molecule has 1 fully saturated rings. The van der Waals surface area contributed by atoms with Gasteiger partial charge >= 0.3 is 5.97 Å². The molecule has 1 aliphatic rings. The van der Waals surface area contributed by atoms with Gasteiger partial charge in [0.25, 0.3) is 5.91 Å². The molecule has 0 N–H and O–H groups in total. The molecule has 2 heterocycles. The average Bonchev–Trinajstić information content (AvgIpc) is 3.26. The van der Waals surface area contributed by atoms with Gasteiger partial charge in [0.15, 0.2) is 0 Å². The highest BCUT2D eigenvalue weighted by Crippen LogP contribution is 2.28. The van der Waals surface area contributed by atoms with E-state index in [1.807, 2.05) is 30.3 Å². The Kier molecular flexibility index (Phi) is 6.84. The number of ether oxygens (including phenoxy) is 1. The molecule has 0 aliphatic carbocycles. The van der Waals surface area contributed by atoms with Crippen LogP contribution >= 0.6 is 11.6 Å². The van der Waals surface area contributed by atoms with Crippen LogP contribution in [0.15, 0.2) is 48.5 Å². The number of hydrogen-bond donors (Lipinski definition) is 0. The van der Waals surface area contributed by atoms with Gasteiger partial charge in [0.2, 0.25) is 0 Å². The summed E-state index contributed by atoms with van der Waals surface area (Å²) in [5.41, 5.74) is 5.03. The van der Waals surface area contributed by atoms with Gasteiger partial charge in [0.1, 0.15) is 5.69 Å². The zero-order valence-corrected chi connectivity index (χ0v) is 19.9. The topological polar surface area (TPSA) is 64.4 Å². The lowest BCUT2D eigenvalue weighted by atomic mass is 9.98. The molecule has 0 radical (unpaired) electrons. The largest absolute Gasteiger partial charge is 0.466 e. The highest BCUT2D eigenvalue weighted by atomic mass is 35.5. The first-order valence-corrected chi connectivity index (χ1v) is 11.6. The zero-order chi connectivity index (χ0) is 23.5. The summed E-state index contributed by atoms with van der Waals surface area (Å²) >= 11 is 6.48. The molecule has 1 unspecified atom stereocenters. The SMILES string of the molecule is CCOC(=O)C1CCCN(C(=O)c2cc(-c3ccc(C)c(C)c3)nn2-c2ccccc2Cl)C1. The van der Waals surface area contributed by atoms with E-state index in [4.69, 9.17) is 21.4 Å². The number of esters is 1. The van der Waals surface area contributed by atoms with Crippen LogP contribution in [0.4, 0.5) is 0 Å². The van der Waals surface area contributed by atoms with Crippen molar-refractivity contribution >= 4 is 23.5 Å². The van der Waals surface area contributed by atoms with Crippen molar-refractivity contribution in [1.82, 2.24) is 14.7 Å². The van der Waals surface area contributed by atoms with E-state index in [1.165, 1.54) is 5.56 Å². The second-order valence-electron chi connectivity index (χ2n) is 8.42. The summed E-state index contributed by atoms with van der Waals surface area (Å²) in [5, 5.41) is 5.28. The maximum atomic E-state index is 13.7. The number of hydrogen-bond acceptors (Lipinski definition) is 4. The van der Waals surface area contributed by atoms with Crippen LogP contribution in [-0.2, 0) is 9.53 Å². The Morgan fingerprint density at radius 3 is 2.64 bits per heavy atom. The molecular formula is C26H28ClN3O3. The second kappa shape index (κ2) is 9.79. The Bertz CT molecular complexity index is 1190. The molecular weight excluding hydrogens is 438 g/mol. The van der Waals surface area contributed by atoms with E-state index in [0.717, 1.165) is 24.0 Å². The van der Waals surface area contributed by atoms with Crippen LogP contribution in [0.2, 0.25) is 5.02 Å². The van der Waals surface area contributed by atoms with E-state index in [0.29, 0.717) is 41.8 Å². The molecule has 33 heavy (non-hydrogen) atoms. The van der Waals surface area contributed by atoms with Gasteiger partial charge in [-0.1, -0.05) is 35.9 Å². The van der Waals surface area contributed by atoms with Crippen molar-refractivity contribution in [2.24, 2.45) is 5.92 Å². The van der Waals surface area contributed by atoms with Crippen molar-refractivity contribution in [3.05, 3.63) is 70.4 Å². The number of piperidine rings is 1. The zero-order valence-electron chi connectivity index (χ0n) is 19.2. The summed E-state index contributed by atoms with van der Waals surface area (Å²) in [6.45, 7) is 7.17. The van der Waals surface area contributed by atoms with Gasteiger partial charge in [-0.15, -0.1) is 0 Å². The van der Waals surface area contributed by atoms with Crippen molar-refractivity contribution in [3.8, 4) is 16.9 Å². The molecule has 6 nitrogen and oxygen atoms in total. The number of para-hydroxylation sites is 1. The van der Waals surface area contributed by atoms with Crippen molar-refractivity contribution < 1.29 is 14.3 Å². The number of benzene rings is 2. The predicted octanol–water partition coefficient (Wildman–Crippen LogP) is 5.22. The maximum absolute atomic E-state index is 13.7. The molecule has 3 aromatic rings. The molecule has 1 aliphatic heterocycles. The number of aryl methyl sites for hydroxylation is 2. The number of halogens is 1. The van der Waals surface area contributed by atoms with E-state index < -0.39 is 0 Å². The van der Waals surface area contributed by atoms with Crippen LogP contribution in [0, 0.1) is 19.8 Å². The minimum atomic E-state index is -0.307. The van der Waals surface area contributed by atoms with Crippen LogP contribution in [0.3, 0.4) is 0 Å². The summed E-state index contributed by atoms with van der Waals surface area (Å²) in [6, 6.07) is 15.3. The third-order valence-electron chi connectivity index (χ3n) is 6.14. The molecule has 1 saturated heterocycles. The van der Waals surface area contributed by atoms with Crippen LogP contribution in [0.5, 0.6) is 0 Å². The first kappa shape index (κ1) is 23.1. The highest BCUT2D eigenvalue weighted by molar-refractivity contribution is 6.32. The van der Waals surface area contributed by atoms with Gasteiger partial charge in [-0.25, -0.2) is 4.68 Å². The van der Waals surface area contributed by atoms with E-state index in [2.05, 4.69) is 26.0 Å². The molecule has 4 rings (SSSR count).